The fourth-order valence-corrected chi connectivity index (χ4v) is 2.18. The molecule has 1 N–H and O–H groups in total. The van der Waals surface area contributed by atoms with Crippen LogP contribution in [-0.2, 0) is 0 Å². The predicted octanol–water partition coefficient (Wildman–Crippen LogP) is 4.84. The second-order valence-electron chi connectivity index (χ2n) is 4.08. The van der Waals surface area contributed by atoms with Crippen LogP contribution in [0, 0.1) is 6.92 Å². The lowest BCUT2D eigenvalue weighted by Gasteiger charge is -2.10. The summed E-state index contributed by atoms with van der Waals surface area (Å²) in [5.41, 5.74) is 1.92. The van der Waals surface area contributed by atoms with Crippen LogP contribution in [0.25, 0.3) is 0 Å². The van der Waals surface area contributed by atoms with E-state index in [2.05, 4.69) is 17.9 Å². The number of carbonyl (C=O) groups is 1. The molecular formula is C14H11Cl2NOS. The maximum atomic E-state index is 12.2. The molecule has 98 valence electrons. The summed E-state index contributed by atoms with van der Waals surface area (Å²) in [6.07, 6.45) is 0. The molecule has 0 bridgehead atoms. The Balaban J connectivity index is 2.30. The molecule has 0 spiro atoms. The van der Waals surface area contributed by atoms with E-state index >= 15 is 0 Å². The van der Waals surface area contributed by atoms with Crippen molar-refractivity contribution in [1.82, 2.24) is 0 Å². The summed E-state index contributed by atoms with van der Waals surface area (Å²) in [5, 5.41) is 3.70. The molecule has 0 aliphatic carbocycles. The number of hydrogen-bond donors (Lipinski definition) is 2. The van der Waals surface area contributed by atoms with Gasteiger partial charge < -0.3 is 5.32 Å². The molecule has 0 atom stereocenters. The van der Waals surface area contributed by atoms with Gasteiger partial charge in [0.15, 0.2) is 0 Å². The van der Waals surface area contributed by atoms with Gasteiger partial charge in [0.2, 0.25) is 0 Å². The van der Waals surface area contributed by atoms with Crippen molar-refractivity contribution in [2.45, 2.75) is 11.8 Å². The molecule has 2 aromatic rings. The minimum atomic E-state index is -0.238. The van der Waals surface area contributed by atoms with Crippen LogP contribution in [0.3, 0.4) is 0 Å². The van der Waals surface area contributed by atoms with Crippen molar-refractivity contribution in [2.75, 3.05) is 5.32 Å². The molecule has 2 rings (SSSR count). The van der Waals surface area contributed by atoms with Crippen LogP contribution < -0.4 is 5.32 Å². The molecule has 19 heavy (non-hydrogen) atoms. The number of rotatable bonds is 2. The Hall–Kier alpha value is -1.16. The summed E-state index contributed by atoms with van der Waals surface area (Å²) in [5.74, 6) is -0.238. The first kappa shape index (κ1) is 14.3. The van der Waals surface area contributed by atoms with Gasteiger partial charge in [0.25, 0.3) is 5.91 Å². The highest BCUT2D eigenvalue weighted by molar-refractivity contribution is 7.80. The summed E-state index contributed by atoms with van der Waals surface area (Å²) in [6, 6.07) is 10.3. The van der Waals surface area contributed by atoms with Gasteiger partial charge in [-0.3, -0.25) is 4.79 Å². The van der Waals surface area contributed by atoms with Gasteiger partial charge in [0, 0.05) is 15.5 Å². The van der Waals surface area contributed by atoms with Crippen molar-refractivity contribution in [1.29, 1.82) is 0 Å². The van der Waals surface area contributed by atoms with Crippen LogP contribution in [0.2, 0.25) is 10.0 Å². The maximum Gasteiger partial charge on any atom is 0.256 e. The molecular weight excluding hydrogens is 301 g/mol. The number of thiol groups is 1. The van der Waals surface area contributed by atoms with Gasteiger partial charge in [-0.25, -0.2) is 0 Å². The number of aryl methyl sites for hydroxylation is 1. The van der Waals surface area contributed by atoms with Gasteiger partial charge in [-0.15, -0.1) is 12.6 Å². The third-order valence-corrected chi connectivity index (χ3v) is 3.49. The van der Waals surface area contributed by atoms with Crippen LogP contribution >= 0.6 is 35.8 Å². The SMILES string of the molecule is Cc1ccc(S)cc1C(=O)Nc1cc(Cl)ccc1Cl. The summed E-state index contributed by atoms with van der Waals surface area (Å²) in [7, 11) is 0. The van der Waals surface area contributed by atoms with Gasteiger partial charge in [0.05, 0.1) is 10.7 Å². The van der Waals surface area contributed by atoms with Crippen LogP contribution in [0.1, 0.15) is 15.9 Å². The van der Waals surface area contributed by atoms with E-state index in [1.54, 1.807) is 24.3 Å². The highest BCUT2D eigenvalue weighted by Crippen LogP contribution is 2.26. The monoisotopic (exact) mass is 311 g/mol. The van der Waals surface area contributed by atoms with Crippen molar-refractivity contribution in [3.63, 3.8) is 0 Å². The fraction of sp³-hybridized carbons (Fsp3) is 0.0714. The van der Waals surface area contributed by atoms with E-state index < -0.39 is 0 Å². The summed E-state index contributed by atoms with van der Waals surface area (Å²) in [4.78, 5) is 12.9. The molecule has 0 aliphatic heterocycles. The van der Waals surface area contributed by atoms with Gasteiger partial charge >= 0.3 is 0 Å². The third kappa shape index (κ3) is 3.44. The van der Waals surface area contributed by atoms with E-state index in [1.165, 1.54) is 0 Å². The van der Waals surface area contributed by atoms with Crippen molar-refractivity contribution in [3.05, 3.63) is 57.6 Å². The van der Waals surface area contributed by atoms with Crippen molar-refractivity contribution < 1.29 is 4.79 Å². The molecule has 0 saturated carbocycles. The maximum absolute atomic E-state index is 12.2. The van der Waals surface area contributed by atoms with Crippen LogP contribution in [0.15, 0.2) is 41.3 Å². The van der Waals surface area contributed by atoms with E-state index in [-0.39, 0.29) is 5.91 Å². The molecule has 0 unspecified atom stereocenters. The molecule has 2 nitrogen and oxygen atoms in total. The smallest absolute Gasteiger partial charge is 0.256 e. The second-order valence-corrected chi connectivity index (χ2v) is 5.44. The van der Waals surface area contributed by atoms with Crippen molar-refractivity contribution in [2.24, 2.45) is 0 Å². The molecule has 1 amide bonds. The standard InChI is InChI=1S/C14H11Cl2NOS/c1-8-2-4-10(19)7-11(8)14(18)17-13-6-9(15)3-5-12(13)16/h2-7,19H,1H3,(H,17,18). The van der Waals surface area contributed by atoms with Gasteiger partial charge in [-0.2, -0.15) is 0 Å². The summed E-state index contributed by atoms with van der Waals surface area (Å²) in [6.45, 7) is 1.86. The van der Waals surface area contributed by atoms with Gasteiger partial charge in [0.1, 0.15) is 0 Å². The molecule has 2 aromatic carbocycles. The third-order valence-electron chi connectivity index (χ3n) is 2.64. The Morgan fingerprint density at radius 1 is 1.16 bits per heavy atom. The van der Waals surface area contributed by atoms with E-state index in [0.717, 1.165) is 10.5 Å². The number of nitrogens with one attached hydrogen (secondary N) is 1. The average Bonchev–Trinajstić information content (AvgIpc) is 2.36. The Kier molecular flexibility index (Phi) is 4.40. The first-order chi connectivity index (χ1) is 8.97. The van der Waals surface area contributed by atoms with E-state index in [4.69, 9.17) is 23.2 Å². The van der Waals surface area contributed by atoms with E-state index in [9.17, 15) is 4.79 Å². The first-order valence-electron chi connectivity index (χ1n) is 5.53. The number of halogens is 2. The molecule has 0 saturated heterocycles. The Morgan fingerprint density at radius 3 is 2.63 bits per heavy atom. The number of hydrogen-bond acceptors (Lipinski definition) is 2. The largest absolute Gasteiger partial charge is 0.321 e. The average molecular weight is 312 g/mol. The number of benzene rings is 2. The molecule has 0 fully saturated rings. The minimum Gasteiger partial charge on any atom is -0.321 e. The first-order valence-corrected chi connectivity index (χ1v) is 6.73. The summed E-state index contributed by atoms with van der Waals surface area (Å²) < 4.78 is 0. The van der Waals surface area contributed by atoms with Crippen molar-refractivity contribution in [3.8, 4) is 0 Å². The normalized spacial score (nSPS) is 10.3. The number of amides is 1. The molecule has 0 aliphatic rings. The fourth-order valence-electron chi connectivity index (χ4n) is 1.64. The molecule has 0 heterocycles. The lowest BCUT2D eigenvalue weighted by atomic mass is 10.1. The zero-order chi connectivity index (χ0) is 14.0. The number of anilines is 1. The molecule has 0 radical (unpaired) electrons. The number of carbonyl (C=O) groups excluding carboxylic acids is 1. The highest BCUT2D eigenvalue weighted by Gasteiger charge is 2.11. The van der Waals surface area contributed by atoms with E-state index in [0.29, 0.717) is 21.3 Å². The highest BCUT2D eigenvalue weighted by atomic mass is 35.5. The topological polar surface area (TPSA) is 29.1 Å². The quantitative estimate of drug-likeness (QED) is 0.763. The minimum absolute atomic E-state index is 0.238. The van der Waals surface area contributed by atoms with Crippen LogP contribution in [0.5, 0.6) is 0 Å². The van der Waals surface area contributed by atoms with E-state index in [1.807, 2.05) is 19.1 Å². The van der Waals surface area contributed by atoms with Crippen molar-refractivity contribution >= 4 is 47.4 Å². The zero-order valence-electron chi connectivity index (χ0n) is 10.1. The predicted molar refractivity (Wildman–Crippen MR) is 82.8 cm³/mol. The van der Waals surface area contributed by atoms with Crippen LogP contribution in [-0.4, -0.2) is 5.91 Å². The lowest BCUT2D eigenvalue weighted by Crippen LogP contribution is -2.13. The Labute approximate surface area is 127 Å². The lowest BCUT2D eigenvalue weighted by molar-refractivity contribution is 0.102. The second kappa shape index (κ2) is 5.87. The van der Waals surface area contributed by atoms with Gasteiger partial charge in [-0.05, 0) is 42.8 Å². The Morgan fingerprint density at radius 2 is 1.89 bits per heavy atom. The zero-order valence-corrected chi connectivity index (χ0v) is 12.5. The van der Waals surface area contributed by atoms with Gasteiger partial charge in [-0.1, -0.05) is 29.3 Å². The molecule has 0 aromatic heterocycles. The Bertz CT molecular complexity index is 643. The van der Waals surface area contributed by atoms with Crippen LogP contribution in [0.4, 0.5) is 5.69 Å². The summed E-state index contributed by atoms with van der Waals surface area (Å²) >= 11 is 16.1. The molecule has 5 heteroatoms.